The topological polar surface area (TPSA) is 75.1 Å². The van der Waals surface area contributed by atoms with Crippen LogP contribution in [-0.2, 0) is 0 Å². The summed E-state index contributed by atoms with van der Waals surface area (Å²) in [5.74, 6) is 1.87. The quantitative estimate of drug-likeness (QED) is 0.591. The molecule has 5 saturated carbocycles. The van der Waals surface area contributed by atoms with Crippen LogP contribution in [0.1, 0.15) is 86.2 Å². The predicted molar refractivity (Wildman–Crippen MR) is 109 cm³/mol. The van der Waals surface area contributed by atoms with Crippen LogP contribution in [-0.4, -0.2) is 38.9 Å². The Labute approximate surface area is 171 Å². The van der Waals surface area contributed by atoms with Gasteiger partial charge in [-0.25, -0.2) is 9.97 Å². The molecule has 0 aliphatic heterocycles. The third kappa shape index (κ3) is 3.36. The second kappa shape index (κ2) is 7.28. The summed E-state index contributed by atoms with van der Waals surface area (Å²) in [6, 6.07) is 0.198. The number of rotatable bonds is 4. The predicted octanol–water partition coefficient (Wildman–Crippen LogP) is 3.92. The second-order valence-electron chi connectivity index (χ2n) is 9.68. The first-order chi connectivity index (χ1) is 13.5. The molecule has 0 spiro atoms. The van der Waals surface area contributed by atoms with Crippen molar-refractivity contribution in [2.24, 2.45) is 17.8 Å². The molecule has 1 amide bonds. The normalized spacial score (nSPS) is 37.2. The first-order valence-electron chi connectivity index (χ1n) is 11.0. The van der Waals surface area contributed by atoms with Crippen LogP contribution in [0.5, 0.6) is 0 Å². The van der Waals surface area contributed by atoms with E-state index >= 15 is 0 Å². The van der Waals surface area contributed by atoms with Gasteiger partial charge in [0.25, 0.3) is 5.91 Å². The van der Waals surface area contributed by atoms with Crippen LogP contribution in [0.4, 0.5) is 0 Å². The van der Waals surface area contributed by atoms with Crippen molar-refractivity contribution >= 4 is 17.7 Å². The van der Waals surface area contributed by atoms with Gasteiger partial charge in [-0.05, 0) is 69.0 Å². The van der Waals surface area contributed by atoms with Gasteiger partial charge in [0.05, 0.1) is 16.9 Å². The van der Waals surface area contributed by atoms with Crippen molar-refractivity contribution in [1.29, 1.82) is 0 Å². The van der Waals surface area contributed by atoms with Crippen LogP contribution in [0.2, 0.25) is 0 Å². The Morgan fingerprint density at radius 1 is 1.18 bits per heavy atom. The van der Waals surface area contributed by atoms with Gasteiger partial charge in [-0.2, -0.15) is 0 Å². The molecule has 0 saturated heterocycles. The molecule has 2 unspecified atom stereocenters. The summed E-state index contributed by atoms with van der Waals surface area (Å²) in [5.41, 5.74) is 1.17. The van der Waals surface area contributed by atoms with Gasteiger partial charge in [-0.3, -0.25) is 4.79 Å². The van der Waals surface area contributed by atoms with Crippen molar-refractivity contribution < 1.29 is 9.90 Å². The standard InChI is InChI=1S/C22H31N3O2S/c1-28-21-23-12-17(19(25-21)14-5-3-2-4-6-14)20(26)24-18-15-7-13-8-16(18)11-22(27,9-13)10-15/h12-16,18,27H,2-11H2,1H3,(H,24,26). The number of carbonyl (C=O) groups excluding carboxylic acids is 1. The maximum Gasteiger partial charge on any atom is 0.254 e. The number of nitrogens with zero attached hydrogens (tertiary/aromatic N) is 2. The minimum Gasteiger partial charge on any atom is -0.390 e. The molecule has 4 bridgehead atoms. The minimum atomic E-state index is -0.464. The first-order valence-corrected chi connectivity index (χ1v) is 12.2. The number of hydrogen-bond acceptors (Lipinski definition) is 5. The van der Waals surface area contributed by atoms with E-state index < -0.39 is 5.60 Å². The van der Waals surface area contributed by atoms with Crippen molar-refractivity contribution in [1.82, 2.24) is 15.3 Å². The van der Waals surface area contributed by atoms with Crippen molar-refractivity contribution in [2.75, 3.05) is 6.26 Å². The fourth-order valence-electron chi connectivity index (χ4n) is 6.78. The molecule has 2 atom stereocenters. The highest BCUT2D eigenvalue weighted by Crippen LogP contribution is 2.55. The molecule has 1 aromatic heterocycles. The first kappa shape index (κ1) is 18.9. The zero-order valence-corrected chi connectivity index (χ0v) is 17.5. The van der Waals surface area contributed by atoms with E-state index in [1.165, 1.54) is 31.0 Å². The Kier molecular flexibility index (Phi) is 4.90. The summed E-state index contributed by atoms with van der Waals surface area (Å²) in [6.07, 6.45) is 14.7. The molecule has 5 aliphatic carbocycles. The van der Waals surface area contributed by atoms with Crippen molar-refractivity contribution in [3.63, 3.8) is 0 Å². The van der Waals surface area contributed by atoms with Crippen molar-refractivity contribution in [3.8, 4) is 0 Å². The molecule has 6 heteroatoms. The van der Waals surface area contributed by atoms with E-state index in [1.54, 1.807) is 6.20 Å². The molecule has 1 aromatic rings. The third-order valence-corrected chi connectivity index (χ3v) is 8.32. The molecule has 5 nitrogen and oxygen atoms in total. The maximum absolute atomic E-state index is 13.3. The number of aromatic nitrogens is 2. The molecular formula is C22H31N3O2S. The molecule has 0 radical (unpaired) electrons. The summed E-state index contributed by atoms with van der Waals surface area (Å²) in [5, 5.41) is 14.9. The Morgan fingerprint density at radius 2 is 1.89 bits per heavy atom. The van der Waals surface area contributed by atoms with E-state index in [4.69, 9.17) is 4.98 Å². The SMILES string of the molecule is CSc1ncc(C(=O)NC2C3CC4CC2CC(O)(C4)C3)c(C2CCCCC2)n1. The van der Waals surface area contributed by atoms with Gasteiger partial charge >= 0.3 is 0 Å². The number of nitrogens with one attached hydrogen (secondary N) is 1. The highest BCUT2D eigenvalue weighted by molar-refractivity contribution is 7.98. The largest absolute Gasteiger partial charge is 0.390 e. The summed E-state index contributed by atoms with van der Waals surface area (Å²) in [4.78, 5) is 22.5. The molecule has 5 aliphatic rings. The van der Waals surface area contributed by atoms with Crippen molar-refractivity contribution in [3.05, 3.63) is 17.5 Å². The highest BCUT2D eigenvalue weighted by atomic mass is 32.2. The minimum absolute atomic E-state index is 0.00214. The molecule has 5 fully saturated rings. The van der Waals surface area contributed by atoms with E-state index in [2.05, 4.69) is 10.3 Å². The number of aliphatic hydroxyl groups is 1. The number of hydrogen-bond donors (Lipinski definition) is 2. The average molecular weight is 402 g/mol. The van der Waals surface area contributed by atoms with Gasteiger partial charge in [0.2, 0.25) is 0 Å². The Hall–Kier alpha value is -1.14. The number of thioether (sulfide) groups is 1. The maximum atomic E-state index is 13.3. The van der Waals surface area contributed by atoms with Gasteiger partial charge in [0, 0.05) is 18.2 Å². The summed E-state index contributed by atoms with van der Waals surface area (Å²) < 4.78 is 0. The van der Waals surface area contributed by atoms with Crippen LogP contribution in [0, 0.1) is 17.8 Å². The van der Waals surface area contributed by atoms with Crippen LogP contribution >= 0.6 is 11.8 Å². The lowest BCUT2D eigenvalue weighted by molar-refractivity contribution is -0.136. The molecule has 0 aromatic carbocycles. The molecule has 6 rings (SSSR count). The number of carbonyl (C=O) groups is 1. The Balaban J connectivity index is 1.38. The number of amides is 1. The zero-order valence-electron chi connectivity index (χ0n) is 16.7. The molecule has 152 valence electrons. The summed E-state index contributed by atoms with van der Waals surface area (Å²) >= 11 is 1.54. The average Bonchev–Trinajstić information content (AvgIpc) is 2.69. The van der Waals surface area contributed by atoms with E-state index in [9.17, 15) is 9.90 Å². The van der Waals surface area contributed by atoms with Gasteiger partial charge in [-0.1, -0.05) is 31.0 Å². The lowest BCUT2D eigenvalue weighted by Gasteiger charge is -2.58. The third-order valence-electron chi connectivity index (χ3n) is 7.75. The van der Waals surface area contributed by atoms with Gasteiger partial charge in [-0.15, -0.1) is 0 Å². The summed E-state index contributed by atoms with van der Waals surface area (Å²) in [7, 11) is 0. The highest BCUT2D eigenvalue weighted by Gasteiger charge is 2.55. The lowest BCUT2D eigenvalue weighted by Crippen LogP contribution is -2.61. The monoisotopic (exact) mass is 401 g/mol. The Morgan fingerprint density at radius 3 is 2.54 bits per heavy atom. The lowest BCUT2D eigenvalue weighted by atomic mass is 9.52. The molecule has 1 heterocycles. The van der Waals surface area contributed by atoms with Gasteiger partial charge in [0.15, 0.2) is 5.16 Å². The second-order valence-corrected chi connectivity index (χ2v) is 10.5. The molecule has 2 N–H and O–H groups in total. The van der Waals surface area contributed by atoms with Crippen molar-refractivity contribution in [2.45, 2.75) is 86.9 Å². The smallest absolute Gasteiger partial charge is 0.254 e. The van der Waals surface area contributed by atoms with Gasteiger partial charge < -0.3 is 10.4 Å². The van der Waals surface area contributed by atoms with Gasteiger partial charge in [0.1, 0.15) is 0 Å². The van der Waals surface area contributed by atoms with Crippen LogP contribution < -0.4 is 5.32 Å². The fraction of sp³-hybridized carbons (Fsp3) is 0.773. The zero-order chi connectivity index (χ0) is 19.3. The van der Waals surface area contributed by atoms with E-state index in [-0.39, 0.29) is 11.9 Å². The Bertz CT molecular complexity index is 748. The van der Waals surface area contributed by atoms with Crippen LogP contribution in [0.3, 0.4) is 0 Å². The summed E-state index contributed by atoms with van der Waals surface area (Å²) in [6.45, 7) is 0. The van der Waals surface area contributed by atoms with Crippen LogP contribution in [0.25, 0.3) is 0 Å². The van der Waals surface area contributed by atoms with E-state index in [1.807, 2.05) is 6.26 Å². The fourth-order valence-corrected chi connectivity index (χ4v) is 7.13. The van der Waals surface area contributed by atoms with Crippen LogP contribution in [0.15, 0.2) is 11.4 Å². The molecule has 28 heavy (non-hydrogen) atoms. The molecular weight excluding hydrogens is 370 g/mol. The van der Waals surface area contributed by atoms with E-state index in [0.29, 0.717) is 29.2 Å². The van der Waals surface area contributed by atoms with E-state index in [0.717, 1.165) is 55.8 Å².